The Bertz CT molecular complexity index is 672. The van der Waals surface area contributed by atoms with Gasteiger partial charge in [0.25, 0.3) is 0 Å². The van der Waals surface area contributed by atoms with Crippen molar-refractivity contribution in [2.75, 3.05) is 18.1 Å². The Balaban J connectivity index is 1.72. The highest BCUT2D eigenvalue weighted by Gasteiger charge is 2.55. The number of ether oxygens (including phenoxy) is 1. The van der Waals surface area contributed by atoms with E-state index in [1.54, 1.807) is 0 Å². The van der Waals surface area contributed by atoms with Crippen LogP contribution < -0.4 is 0 Å². The fourth-order valence-electron chi connectivity index (χ4n) is 4.05. The molecule has 112 valence electrons. The summed E-state index contributed by atoms with van der Waals surface area (Å²) in [5.74, 6) is 0.246. The maximum atomic E-state index is 12.0. The first-order chi connectivity index (χ1) is 10.1. The molecule has 6 heteroatoms. The van der Waals surface area contributed by atoms with Crippen LogP contribution in [0.3, 0.4) is 0 Å². The van der Waals surface area contributed by atoms with Crippen LogP contribution in [-0.4, -0.2) is 49.5 Å². The first-order valence-electron chi connectivity index (χ1n) is 7.24. The second kappa shape index (κ2) is 4.55. The summed E-state index contributed by atoms with van der Waals surface area (Å²) in [7, 11) is -2.97. The predicted molar refractivity (Wildman–Crippen MR) is 76.3 cm³/mol. The van der Waals surface area contributed by atoms with Gasteiger partial charge in [-0.3, -0.25) is 9.69 Å². The van der Waals surface area contributed by atoms with Gasteiger partial charge >= 0.3 is 5.97 Å². The number of nitrogens with zero attached hydrogens (tertiary/aromatic N) is 1. The van der Waals surface area contributed by atoms with Gasteiger partial charge in [-0.25, -0.2) is 8.42 Å². The Kier molecular flexibility index (Phi) is 2.87. The Morgan fingerprint density at radius 1 is 1.10 bits per heavy atom. The largest absolute Gasteiger partial charge is 0.462 e. The molecule has 5 nitrogen and oxygen atoms in total. The van der Waals surface area contributed by atoms with Gasteiger partial charge in [0.05, 0.1) is 17.5 Å². The van der Waals surface area contributed by atoms with Crippen molar-refractivity contribution < 1.29 is 17.9 Å². The van der Waals surface area contributed by atoms with E-state index >= 15 is 0 Å². The van der Waals surface area contributed by atoms with Crippen molar-refractivity contribution in [3.05, 3.63) is 35.9 Å². The number of morpholine rings is 1. The predicted octanol–water partition coefficient (Wildman–Crippen LogP) is 0.772. The lowest BCUT2D eigenvalue weighted by molar-refractivity contribution is -0.161. The molecule has 4 atom stereocenters. The number of fused-ring (bicyclic) bond motifs is 3. The number of esters is 1. The first kappa shape index (κ1) is 13.3. The Morgan fingerprint density at radius 3 is 2.62 bits per heavy atom. The molecule has 3 fully saturated rings. The van der Waals surface area contributed by atoms with E-state index in [9.17, 15) is 13.2 Å². The van der Waals surface area contributed by atoms with Crippen molar-refractivity contribution >= 4 is 15.8 Å². The molecule has 1 aromatic carbocycles. The topological polar surface area (TPSA) is 63.7 Å². The van der Waals surface area contributed by atoms with Crippen LogP contribution in [0.5, 0.6) is 0 Å². The zero-order valence-electron chi connectivity index (χ0n) is 11.5. The van der Waals surface area contributed by atoms with Gasteiger partial charge in [-0.05, 0) is 17.9 Å². The summed E-state index contributed by atoms with van der Waals surface area (Å²) in [6, 6.07) is 9.53. The Labute approximate surface area is 123 Å². The van der Waals surface area contributed by atoms with E-state index in [0.717, 1.165) is 5.56 Å². The van der Waals surface area contributed by atoms with Crippen LogP contribution in [0.2, 0.25) is 0 Å². The lowest BCUT2D eigenvalue weighted by Crippen LogP contribution is -2.51. The summed E-state index contributed by atoms with van der Waals surface area (Å²) >= 11 is 0. The number of hydrogen-bond acceptors (Lipinski definition) is 5. The van der Waals surface area contributed by atoms with Crippen LogP contribution in [0.4, 0.5) is 0 Å². The molecule has 0 radical (unpaired) electrons. The van der Waals surface area contributed by atoms with E-state index in [0.29, 0.717) is 13.0 Å². The van der Waals surface area contributed by atoms with Gasteiger partial charge in [0, 0.05) is 6.04 Å². The molecule has 0 bridgehead atoms. The van der Waals surface area contributed by atoms with E-state index in [2.05, 4.69) is 4.90 Å². The molecule has 0 N–H and O–H groups in total. The van der Waals surface area contributed by atoms with Crippen molar-refractivity contribution in [2.24, 2.45) is 5.92 Å². The summed E-state index contributed by atoms with van der Waals surface area (Å²) in [6.07, 6.45) is 0.603. The molecule has 21 heavy (non-hydrogen) atoms. The highest BCUT2D eigenvalue weighted by molar-refractivity contribution is 7.91. The summed E-state index contributed by atoms with van der Waals surface area (Å²) < 4.78 is 29.1. The summed E-state index contributed by atoms with van der Waals surface area (Å²) in [4.78, 5) is 14.1. The van der Waals surface area contributed by atoms with Crippen molar-refractivity contribution in [2.45, 2.75) is 24.5 Å². The standard InChI is InChI=1S/C15H17NO4S/c17-15-12-6-11-8-21(18,19)9-14(11)16(12)13(7-20-15)10-4-2-1-3-5-10/h1-5,11-14H,6-9H2/t11-,12-,13+,14+/m0/s1. The maximum Gasteiger partial charge on any atom is 0.323 e. The number of benzene rings is 1. The van der Waals surface area contributed by atoms with Gasteiger partial charge < -0.3 is 4.74 Å². The molecule has 3 aliphatic rings. The smallest absolute Gasteiger partial charge is 0.323 e. The molecule has 0 aromatic heterocycles. The second-order valence-corrected chi connectivity index (χ2v) is 8.31. The van der Waals surface area contributed by atoms with Gasteiger partial charge in [0.2, 0.25) is 0 Å². The highest BCUT2D eigenvalue weighted by atomic mass is 32.2. The highest BCUT2D eigenvalue weighted by Crippen LogP contribution is 2.44. The third-order valence-electron chi connectivity index (χ3n) is 4.91. The molecule has 0 amide bonds. The third-order valence-corrected chi connectivity index (χ3v) is 6.69. The SMILES string of the molecule is O=C1OC[C@H](c2ccccc2)N2[C@@H]3CS(=O)(=O)C[C@@H]3C[C@@H]12. The maximum absolute atomic E-state index is 12.0. The monoisotopic (exact) mass is 307 g/mol. The number of hydrogen-bond donors (Lipinski definition) is 0. The van der Waals surface area contributed by atoms with Gasteiger partial charge in [-0.2, -0.15) is 0 Å². The number of sulfone groups is 1. The number of carbonyl (C=O) groups excluding carboxylic acids is 1. The number of rotatable bonds is 1. The molecule has 0 aliphatic carbocycles. The van der Waals surface area contributed by atoms with Crippen molar-refractivity contribution in [1.82, 2.24) is 4.90 Å². The second-order valence-electron chi connectivity index (χ2n) is 6.16. The Hall–Kier alpha value is -1.40. The molecule has 3 aliphatic heterocycles. The summed E-state index contributed by atoms with van der Waals surface area (Å²) in [5, 5.41) is 0. The van der Waals surface area contributed by atoms with Gasteiger partial charge in [-0.1, -0.05) is 30.3 Å². The zero-order valence-corrected chi connectivity index (χ0v) is 12.3. The van der Waals surface area contributed by atoms with E-state index in [1.807, 2.05) is 30.3 Å². The molecular formula is C15H17NO4S. The minimum absolute atomic E-state index is 0.0304. The molecular weight excluding hydrogens is 290 g/mol. The van der Waals surface area contributed by atoms with E-state index < -0.39 is 9.84 Å². The lowest BCUT2D eigenvalue weighted by atomic mass is 10.0. The molecule has 0 spiro atoms. The van der Waals surface area contributed by atoms with Crippen LogP contribution in [0, 0.1) is 5.92 Å². The summed E-state index contributed by atoms with van der Waals surface area (Å²) in [6.45, 7) is 0.308. The minimum atomic E-state index is -2.97. The van der Waals surface area contributed by atoms with Crippen molar-refractivity contribution in [3.8, 4) is 0 Å². The van der Waals surface area contributed by atoms with Crippen LogP contribution in [0.1, 0.15) is 18.0 Å². The lowest BCUT2D eigenvalue weighted by Gasteiger charge is -2.39. The first-order valence-corrected chi connectivity index (χ1v) is 9.07. The van der Waals surface area contributed by atoms with E-state index in [4.69, 9.17) is 4.74 Å². The van der Waals surface area contributed by atoms with Crippen LogP contribution in [0.25, 0.3) is 0 Å². The molecule has 0 saturated carbocycles. The average Bonchev–Trinajstić information content (AvgIpc) is 2.93. The van der Waals surface area contributed by atoms with Gasteiger partial charge in [0.15, 0.2) is 9.84 Å². The van der Waals surface area contributed by atoms with Crippen molar-refractivity contribution in [3.63, 3.8) is 0 Å². The zero-order chi connectivity index (χ0) is 14.6. The van der Waals surface area contributed by atoms with Crippen LogP contribution >= 0.6 is 0 Å². The van der Waals surface area contributed by atoms with Gasteiger partial charge in [-0.15, -0.1) is 0 Å². The van der Waals surface area contributed by atoms with Gasteiger partial charge in [0.1, 0.15) is 12.6 Å². The number of carbonyl (C=O) groups is 1. The minimum Gasteiger partial charge on any atom is -0.462 e. The molecule has 3 saturated heterocycles. The Morgan fingerprint density at radius 2 is 1.86 bits per heavy atom. The molecule has 4 rings (SSSR count). The molecule has 0 unspecified atom stereocenters. The normalized spacial score (nSPS) is 37.8. The summed E-state index contributed by atoms with van der Waals surface area (Å²) in [5.41, 5.74) is 1.08. The third kappa shape index (κ3) is 2.08. The fraction of sp³-hybridized carbons (Fsp3) is 0.533. The quantitative estimate of drug-likeness (QED) is 0.717. The molecule has 1 aromatic rings. The van der Waals surface area contributed by atoms with Crippen LogP contribution in [0.15, 0.2) is 30.3 Å². The number of cyclic esters (lactones) is 1. The van der Waals surface area contributed by atoms with E-state index in [1.165, 1.54) is 0 Å². The van der Waals surface area contributed by atoms with Crippen molar-refractivity contribution in [1.29, 1.82) is 0 Å². The van der Waals surface area contributed by atoms with Crippen LogP contribution in [-0.2, 0) is 19.4 Å². The average molecular weight is 307 g/mol. The molecule has 3 heterocycles. The fourth-order valence-corrected chi connectivity index (χ4v) is 6.16. The van der Waals surface area contributed by atoms with E-state index in [-0.39, 0.29) is 41.5 Å².